The fraction of sp³-hybridized carbons (Fsp3) is 0.750. The van der Waals surface area contributed by atoms with E-state index in [0.29, 0.717) is 37.8 Å². The Hall–Kier alpha value is -2.04. The second kappa shape index (κ2) is 7.98. The van der Waals surface area contributed by atoms with Crippen molar-refractivity contribution in [2.75, 3.05) is 0 Å². The Balaban J connectivity index is 1.62. The molecule has 0 radical (unpaired) electrons. The molecule has 2 fully saturated rings. The number of piperidine rings is 1. The molecule has 196 valence electrons. The second-order valence-corrected chi connectivity index (χ2v) is 13.1. The molecule has 7 nitrogen and oxygen atoms in total. The van der Waals surface area contributed by atoms with Gasteiger partial charge in [0, 0.05) is 22.9 Å². The molecule has 0 spiro atoms. The van der Waals surface area contributed by atoms with Crippen molar-refractivity contribution < 1.29 is 40.1 Å². The van der Waals surface area contributed by atoms with Crippen LogP contribution in [0.2, 0.25) is 0 Å². The van der Waals surface area contributed by atoms with E-state index in [4.69, 9.17) is 4.74 Å². The molecule has 0 aromatic carbocycles. The van der Waals surface area contributed by atoms with E-state index in [1.54, 1.807) is 27.7 Å². The molecule has 1 saturated heterocycles. The first-order chi connectivity index (χ1) is 15.9. The minimum atomic E-state index is -5.74. The standard InChI is InChI=1S/C24H32F3NO6S/c1-21(2,3)33-20(30)28-17-8-6-14-15-7-9-18(34-35(31,32)24(25,26)27)23(15,5)12-10-16(14)22(17,4)13-11-19(28)29/h8-9,14-16H,6-7,10-13H2,1-5H3/t14-,15-,16-,22+,23-/m0/s1. The monoisotopic (exact) mass is 519 g/mol. The van der Waals surface area contributed by atoms with Crippen LogP contribution in [0.25, 0.3) is 0 Å². The topological polar surface area (TPSA) is 90.0 Å². The lowest BCUT2D eigenvalue weighted by Crippen LogP contribution is -2.55. The van der Waals surface area contributed by atoms with Crippen molar-refractivity contribution in [3.8, 4) is 0 Å². The molecule has 1 heterocycles. The van der Waals surface area contributed by atoms with Crippen LogP contribution in [-0.2, 0) is 23.8 Å². The van der Waals surface area contributed by atoms with Gasteiger partial charge in [0.1, 0.15) is 11.4 Å². The first-order valence-electron chi connectivity index (χ1n) is 11.9. The van der Waals surface area contributed by atoms with E-state index in [0.717, 1.165) is 4.90 Å². The molecule has 5 atom stereocenters. The number of likely N-dealkylation sites (tertiary alicyclic amines) is 1. The molecule has 35 heavy (non-hydrogen) atoms. The average molecular weight is 520 g/mol. The number of rotatable bonds is 2. The molecule has 0 N–H and O–H groups in total. The van der Waals surface area contributed by atoms with Crippen molar-refractivity contribution in [2.24, 2.45) is 28.6 Å². The molecule has 4 rings (SSSR count). The van der Waals surface area contributed by atoms with Crippen LogP contribution in [0.5, 0.6) is 0 Å². The predicted octanol–water partition coefficient (Wildman–Crippen LogP) is 5.64. The molecule has 0 bridgehead atoms. The summed E-state index contributed by atoms with van der Waals surface area (Å²) in [4.78, 5) is 26.9. The van der Waals surface area contributed by atoms with Gasteiger partial charge in [-0.25, -0.2) is 9.69 Å². The Labute approximate surface area is 203 Å². The van der Waals surface area contributed by atoms with Gasteiger partial charge in [-0.3, -0.25) is 4.79 Å². The molecule has 3 aliphatic carbocycles. The van der Waals surface area contributed by atoms with Crippen molar-refractivity contribution in [3.63, 3.8) is 0 Å². The molecule has 4 aliphatic rings. The number of imide groups is 1. The van der Waals surface area contributed by atoms with Crippen LogP contribution in [0.1, 0.15) is 73.1 Å². The minimum Gasteiger partial charge on any atom is -0.443 e. The third-order valence-corrected chi connectivity index (χ3v) is 9.31. The van der Waals surface area contributed by atoms with E-state index in [1.165, 1.54) is 6.08 Å². The van der Waals surface area contributed by atoms with Gasteiger partial charge in [0.25, 0.3) is 0 Å². The highest BCUT2D eigenvalue weighted by Crippen LogP contribution is 2.65. The van der Waals surface area contributed by atoms with Gasteiger partial charge in [-0.15, -0.1) is 0 Å². The largest absolute Gasteiger partial charge is 0.534 e. The van der Waals surface area contributed by atoms with E-state index >= 15 is 0 Å². The number of allylic oxidation sites excluding steroid dienone is 4. The highest BCUT2D eigenvalue weighted by atomic mass is 32.2. The lowest BCUT2D eigenvalue weighted by molar-refractivity contribution is -0.136. The van der Waals surface area contributed by atoms with Gasteiger partial charge in [0.15, 0.2) is 0 Å². The van der Waals surface area contributed by atoms with Crippen LogP contribution in [-0.4, -0.2) is 36.4 Å². The maximum atomic E-state index is 13.0. The lowest BCUT2D eigenvalue weighted by Gasteiger charge is -2.57. The number of halogens is 3. The third kappa shape index (κ3) is 4.17. The molecule has 0 unspecified atom stereocenters. The van der Waals surface area contributed by atoms with E-state index in [1.807, 2.05) is 13.0 Å². The smallest absolute Gasteiger partial charge is 0.443 e. The molecule has 1 saturated carbocycles. The normalized spacial score (nSPS) is 35.4. The van der Waals surface area contributed by atoms with Crippen molar-refractivity contribution >= 4 is 22.1 Å². The number of hydrogen-bond donors (Lipinski definition) is 0. The maximum absolute atomic E-state index is 13.0. The van der Waals surface area contributed by atoms with Crippen LogP contribution in [0.15, 0.2) is 23.6 Å². The number of amides is 2. The van der Waals surface area contributed by atoms with E-state index < -0.39 is 38.2 Å². The first kappa shape index (κ1) is 26.0. The van der Waals surface area contributed by atoms with Crippen molar-refractivity contribution in [3.05, 3.63) is 23.6 Å². The van der Waals surface area contributed by atoms with Crippen LogP contribution < -0.4 is 0 Å². The average Bonchev–Trinajstić information content (AvgIpc) is 3.02. The summed E-state index contributed by atoms with van der Waals surface area (Å²) in [6.07, 6.45) is 5.40. The number of nitrogens with zero attached hydrogens (tertiary/aromatic N) is 1. The SMILES string of the molecule is CC(C)(C)OC(=O)N1C(=O)CC[C@@]2(C)C1=CC[C@@H]1[C@@H]2CC[C@]2(C)C(OS(=O)(=O)C(F)(F)F)=CC[C@@H]12. The van der Waals surface area contributed by atoms with Gasteiger partial charge < -0.3 is 8.92 Å². The number of alkyl halides is 3. The summed E-state index contributed by atoms with van der Waals surface area (Å²) in [5.41, 5.74) is -6.95. The molecule has 2 amide bonds. The van der Waals surface area contributed by atoms with E-state index in [2.05, 4.69) is 4.18 Å². The number of ether oxygens (including phenoxy) is 1. The third-order valence-electron chi connectivity index (χ3n) is 8.34. The number of hydrogen-bond acceptors (Lipinski definition) is 6. The second-order valence-electron chi connectivity index (χ2n) is 11.6. The Morgan fingerprint density at radius 3 is 2.31 bits per heavy atom. The van der Waals surface area contributed by atoms with Gasteiger partial charge in [0.2, 0.25) is 5.91 Å². The quantitative estimate of drug-likeness (QED) is 0.346. The zero-order valence-corrected chi connectivity index (χ0v) is 21.4. The highest BCUT2D eigenvalue weighted by molar-refractivity contribution is 7.87. The zero-order valence-electron chi connectivity index (χ0n) is 20.6. The van der Waals surface area contributed by atoms with E-state index in [9.17, 15) is 31.2 Å². The zero-order chi connectivity index (χ0) is 26.2. The number of fused-ring (bicyclic) bond motifs is 5. The number of carbonyl (C=O) groups is 2. The Morgan fingerprint density at radius 2 is 1.71 bits per heavy atom. The van der Waals surface area contributed by atoms with Gasteiger partial charge in [-0.05, 0) is 76.7 Å². The maximum Gasteiger partial charge on any atom is 0.534 e. The molecule has 11 heteroatoms. The Morgan fingerprint density at radius 1 is 1.06 bits per heavy atom. The Bertz CT molecular complexity index is 1110. The van der Waals surface area contributed by atoms with Gasteiger partial charge in [-0.1, -0.05) is 19.9 Å². The van der Waals surface area contributed by atoms with Crippen molar-refractivity contribution in [1.82, 2.24) is 4.90 Å². The summed E-state index contributed by atoms with van der Waals surface area (Å²) in [7, 11) is -5.74. The van der Waals surface area contributed by atoms with Crippen molar-refractivity contribution in [1.29, 1.82) is 0 Å². The molecular formula is C24H32F3NO6S. The summed E-state index contributed by atoms with van der Waals surface area (Å²) < 4.78 is 72.4. The summed E-state index contributed by atoms with van der Waals surface area (Å²) in [6.45, 7) is 9.01. The number of carbonyl (C=O) groups excluding carboxylic acids is 2. The fourth-order valence-corrected chi connectivity index (χ4v) is 7.27. The van der Waals surface area contributed by atoms with Crippen LogP contribution >= 0.6 is 0 Å². The van der Waals surface area contributed by atoms with Gasteiger partial charge in [0.05, 0.1) is 0 Å². The summed E-state index contributed by atoms with van der Waals surface area (Å²) in [6, 6.07) is 0. The van der Waals surface area contributed by atoms with Crippen LogP contribution in [0.4, 0.5) is 18.0 Å². The lowest BCUT2D eigenvalue weighted by atomic mass is 9.49. The van der Waals surface area contributed by atoms with Gasteiger partial charge >= 0.3 is 21.7 Å². The first-order valence-corrected chi connectivity index (χ1v) is 13.3. The summed E-state index contributed by atoms with van der Waals surface area (Å²) in [5, 5.41) is 0. The molecular weight excluding hydrogens is 487 g/mol. The molecule has 1 aliphatic heterocycles. The summed E-state index contributed by atoms with van der Waals surface area (Å²) >= 11 is 0. The van der Waals surface area contributed by atoms with Gasteiger partial charge in [-0.2, -0.15) is 21.6 Å². The summed E-state index contributed by atoms with van der Waals surface area (Å²) in [5.74, 6) is -0.431. The fourth-order valence-electron chi connectivity index (χ4n) is 6.68. The minimum absolute atomic E-state index is 0.0436. The predicted molar refractivity (Wildman–Crippen MR) is 120 cm³/mol. The molecule has 0 aromatic heterocycles. The Kier molecular flexibility index (Phi) is 5.94. The van der Waals surface area contributed by atoms with Crippen molar-refractivity contribution in [2.45, 2.75) is 84.3 Å². The highest BCUT2D eigenvalue weighted by Gasteiger charge is 2.61. The van der Waals surface area contributed by atoms with Crippen LogP contribution in [0, 0.1) is 28.6 Å². The van der Waals surface area contributed by atoms with Crippen LogP contribution in [0.3, 0.4) is 0 Å². The molecule has 0 aromatic rings. The van der Waals surface area contributed by atoms with E-state index in [-0.39, 0.29) is 35.8 Å².